The van der Waals surface area contributed by atoms with Gasteiger partial charge in [0.05, 0.1) is 0 Å². The molecular weight excluding hydrogens is 224 g/mol. The molecule has 0 aromatic carbocycles. The van der Waals surface area contributed by atoms with Crippen LogP contribution in [-0.4, -0.2) is 40.0 Å². The molecule has 0 spiro atoms. The number of hydrogen-bond acceptors (Lipinski definition) is 1. The molecule has 4 heterocycles. The van der Waals surface area contributed by atoms with E-state index >= 15 is 0 Å². The summed E-state index contributed by atoms with van der Waals surface area (Å²) in [5, 5.41) is 0. The number of amides is 2. The molecule has 0 aliphatic carbocycles. The van der Waals surface area contributed by atoms with Crippen LogP contribution < -0.4 is 0 Å². The van der Waals surface area contributed by atoms with Crippen molar-refractivity contribution in [3.05, 3.63) is 0 Å². The highest BCUT2D eigenvalue weighted by Crippen LogP contribution is 2.41. The first kappa shape index (κ1) is 11.1. The van der Waals surface area contributed by atoms with E-state index in [1.54, 1.807) is 0 Å². The van der Waals surface area contributed by atoms with E-state index in [-0.39, 0.29) is 0 Å². The zero-order valence-corrected chi connectivity index (χ0v) is 11.2. The number of carbonyl (C=O) groups excluding carboxylic acids is 1. The fourth-order valence-electron chi connectivity index (χ4n) is 4.99. The zero-order chi connectivity index (χ0) is 12.1. The average Bonchev–Trinajstić information content (AvgIpc) is 2.78. The van der Waals surface area contributed by atoms with Crippen molar-refractivity contribution in [2.75, 3.05) is 0 Å². The number of fused-ring (bicyclic) bond motifs is 4. The Hall–Kier alpha value is -0.730. The molecule has 4 bridgehead atoms. The predicted octanol–water partition coefficient (Wildman–Crippen LogP) is 3.14. The van der Waals surface area contributed by atoms with E-state index in [1.807, 2.05) is 0 Å². The number of hydrogen-bond donors (Lipinski definition) is 0. The van der Waals surface area contributed by atoms with Crippen LogP contribution in [-0.2, 0) is 0 Å². The molecule has 4 saturated heterocycles. The molecule has 0 radical (unpaired) electrons. The van der Waals surface area contributed by atoms with Crippen LogP contribution in [0.4, 0.5) is 4.79 Å². The summed E-state index contributed by atoms with van der Waals surface area (Å²) in [7, 11) is 0. The van der Waals surface area contributed by atoms with Gasteiger partial charge in [0.2, 0.25) is 0 Å². The van der Waals surface area contributed by atoms with Crippen molar-refractivity contribution < 1.29 is 4.79 Å². The van der Waals surface area contributed by atoms with E-state index in [2.05, 4.69) is 9.80 Å². The highest BCUT2D eigenvalue weighted by molar-refractivity contribution is 5.77. The largest absolute Gasteiger partial charge is 0.321 e. The highest BCUT2D eigenvalue weighted by Gasteiger charge is 2.46. The molecule has 0 aromatic heterocycles. The van der Waals surface area contributed by atoms with Crippen LogP contribution in [0.15, 0.2) is 0 Å². The second-order valence-electron chi connectivity index (χ2n) is 6.73. The lowest BCUT2D eigenvalue weighted by Crippen LogP contribution is -2.55. The quantitative estimate of drug-likeness (QED) is 0.646. The van der Waals surface area contributed by atoms with E-state index in [9.17, 15) is 4.79 Å². The van der Waals surface area contributed by atoms with Gasteiger partial charge in [0.1, 0.15) is 0 Å². The molecule has 18 heavy (non-hydrogen) atoms. The lowest BCUT2D eigenvalue weighted by molar-refractivity contribution is 0.0816. The molecule has 100 valence electrons. The van der Waals surface area contributed by atoms with Crippen molar-refractivity contribution in [3.63, 3.8) is 0 Å². The minimum absolute atomic E-state index is 0.411. The van der Waals surface area contributed by atoms with Gasteiger partial charge in [-0.1, -0.05) is 0 Å². The number of rotatable bonds is 0. The van der Waals surface area contributed by atoms with Crippen molar-refractivity contribution in [1.82, 2.24) is 9.80 Å². The summed E-state index contributed by atoms with van der Waals surface area (Å²) < 4.78 is 0. The molecular formula is C15H24N2O. The van der Waals surface area contributed by atoms with Gasteiger partial charge in [-0.05, 0) is 64.2 Å². The van der Waals surface area contributed by atoms with E-state index in [1.165, 1.54) is 64.2 Å². The van der Waals surface area contributed by atoms with Gasteiger partial charge in [-0.15, -0.1) is 0 Å². The Bertz CT molecular complexity index is 292. The van der Waals surface area contributed by atoms with Crippen molar-refractivity contribution in [1.29, 1.82) is 0 Å². The molecule has 4 rings (SSSR count). The first-order valence-corrected chi connectivity index (χ1v) is 7.95. The maximum atomic E-state index is 12.9. The van der Waals surface area contributed by atoms with Gasteiger partial charge in [0.25, 0.3) is 0 Å². The van der Waals surface area contributed by atoms with Crippen LogP contribution >= 0.6 is 0 Å². The first-order chi connectivity index (χ1) is 8.84. The molecule has 0 saturated carbocycles. The van der Waals surface area contributed by atoms with Crippen molar-refractivity contribution in [2.45, 2.75) is 88.4 Å². The summed E-state index contributed by atoms with van der Waals surface area (Å²) in [6, 6.07) is 2.74. The van der Waals surface area contributed by atoms with Gasteiger partial charge >= 0.3 is 6.03 Å². The van der Waals surface area contributed by atoms with Crippen LogP contribution in [0.3, 0.4) is 0 Å². The molecule has 4 unspecified atom stereocenters. The number of carbonyl (C=O) groups is 1. The van der Waals surface area contributed by atoms with E-state index in [0.717, 1.165) is 0 Å². The van der Waals surface area contributed by atoms with E-state index in [0.29, 0.717) is 30.2 Å². The van der Waals surface area contributed by atoms with Crippen LogP contribution in [0, 0.1) is 0 Å². The minimum atomic E-state index is 0.411. The van der Waals surface area contributed by atoms with Gasteiger partial charge in [0.15, 0.2) is 0 Å². The maximum Gasteiger partial charge on any atom is 0.321 e. The maximum absolute atomic E-state index is 12.9. The van der Waals surface area contributed by atoms with E-state index < -0.39 is 0 Å². The molecule has 4 atom stereocenters. The summed E-state index contributed by atoms with van der Waals surface area (Å²) in [6.07, 6.45) is 12.8. The predicted molar refractivity (Wildman–Crippen MR) is 70.4 cm³/mol. The Morgan fingerprint density at radius 2 is 0.944 bits per heavy atom. The molecule has 0 N–H and O–H groups in total. The van der Waals surface area contributed by atoms with Gasteiger partial charge in [-0.25, -0.2) is 4.79 Å². The second kappa shape index (κ2) is 4.14. The second-order valence-corrected chi connectivity index (χ2v) is 6.73. The Labute approximate surface area is 110 Å². The summed E-state index contributed by atoms with van der Waals surface area (Å²) in [6.45, 7) is 0. The minimum Gasteiger partial charge on any atom is -0.319 e. The molecule has 4 aliphatic rings. The van der Waals surface area contributed by atoms with Crippen LogP contribution in [0.5, 0.6) is 0 Å². The zero-order valence-electron chi connectivity index (χ0n) is 11.2. The molecule has 4 fully saturated rings. The van der Waals surface area contributed by atoms with Crippen molar-refractivity contribution in [2.24, 2.45) is 0 Å². The van der Waals surface area contributed by atoms with Crippen molar-refractivity contribution in [3.8, 4) is 0 Å². The fourth-order valence-corrected chi connectivity index (χ4v) is 4.99. The third kappa shape index (κ3) is 1.52. The Morgan fingerprint density at radius 3 is 1.28 bits per heavy atom. The van der Waals surface area contributed by atoms with Gasteiger partial charge < -0.3 is 9.80 Å². The third-order valence-electron chi connectivity index (χ3n) is 5.83. The van der Waals surface area contributed by atoms with Crippen molar-refractivity contribution >= 4 is 6.03 Å². The summed E-state index contributed by atoms with van der Waals surface area (Å²) in [5.74, 6) is 0. The number of nitrogens with zero attached hydrogens (tertiary/aromatic N) is 2. The van der Waals surface area contributed by atoms with Crippen LogP contribution in [0.25, 0.3) is 0 Å². The third-order valence-corrected chi connectivity index (χ3v) is 5.83. The van der Waals surface area contributed by atoms with Gasteiger partial charge in [-0.2, -0.15) is 0 Å². The van der Waals surface area contributed by atoms with Gasteiger partial charge in [0, 0.05) is 24.2 Å². The van der Waals surface area contributed by atoms with Gasteiger partial charge in [-0.3, -0.25) is 0 Å². The summed E-state index contributed by atoms with van der Waals surface area (Å²) >= 11 is 0. The topological polar surface area (TPSA) is 23.6 Å². The Morgan fingerprint density at radius 1 is 0.611 bits per heavy atom. The van der Waals surface area contributed by atoms with E-state index in [4.69, 9.17) is 0 Å². The summed E-state index contributed by atoms with van der Waals surface area (Å²) in [5.41, 5.74) is 0. The Kier molecular flexibility index (Phi) is 2.56. The monoisotopic (exact) mass is 248 g/mol. The molecule has 3 heteroatoms. The summed E-state index contributed by atoms with van der Waals surface area (Å²) in [4.78, 5) is 17.5. The standard InChI is InChI=1S/C15H24N2O/c18-15(16-11-3-1-4-12(16)8-7-11)17-13-5-2-6-14(17)10-9-13/h11-14H,1-10H2. The lowest BCUT2D eigenvalue weighted by atomic mass is 10.0. The SMILES string of the molecule is O=C(N1C2CCCC1CC2)N1C2CCCC1CC2. The molecule has 2 amide bonds. The normalized spacial score (nSPS) is 42.4. The lowest BCUT2D eigenvalue weighted by Gasteiger charge is -2.43. The first-order valence-electron chi connectivity index (χ1n) is 7.95. The molecule has 3 nitrogen and oxygen atoms in total. The molecule has 0 aromatic rings. The average molecular weight is 248 g/mol. The number of piperidine rings is 2. The highest BCUT2D eigenvalue weighted by atomic mass is 16.2. The Balaban J connectivity index is 1.56. The van der Waals surface area contributed by atoms with Crippen LogP contribution in [0.2, 0.25) is 0 Å². The number of urea groups is 1. The van der Waals surface area contributed by atoms with Crippen LogP contribution in [0.1, 0.15) is 64.2 Å². The molecule has 4 aliphatic heterocycles. The smallest absolute Gasteiger partial charge is 0.319 e. The fraction of sp³-hybridized carbons (Fsp3) is 0.933.